The van der Waals surface area contributed by atoms with Crippen molar-refractivity contribution in [2.75, 3.05) is 12.4 Å². The number of thiazole rings is 1. The van der Waals surface area contributed by atoms with E-state index in [4.69, 9.17) is 9.72 Å². The average Bonchev–Trinajstić information content (AvgIpc) is 3.15. The van der Waals surface area contributed by atoms with Crippen molar-refractivity contribution < 1.29 is 9.53 Å². The van der Waals surface area contributed by atoms with Crippen LogP contribution in [0.4, 0.5) is 5.69 Å². The number of methoxy groups -OCH3 is 1. The minimum atomic E-state index is -0.429. The first kappa shape index (κ1) is 19.5. The number of rotatable bonds is 6. The van der Waals surface area contributed by atoms with Gasteiger partial charge >= 0.3 is 0 Å². The third-order valence-corrected chi connectivity index (χ3v) is 6.83. The quantitative estimate of drug-likeness (QED) is 0.384. The van der Waals surface area contributed by atoms with Crippen LogP contribution in [0, 0.1) is 6.92 Å². The summed E-state index contributed by atoms with van der Waals surface area (Å²) in [5.74, 6) is 0.533. The topological polar surface area (TPSA) is 51.2 Å². The number of nitrogens with one attached hydrogen (secondary N) is 1. The average molecular weight is 421 g/mol. The second-order valence-corrected chi connectivity index (χ2v) is 8.93. The summed E-state index contributed by atoms with van der Waals surface area (Å²) in [6.07, 6.45) is 0. The molecule has 1 unspecified atom stereocenters. The van der Waals surface area contributed by atoms with Gasteiger partial charge < -0.3 is 10.1 Å². The second-order valence-electron chi connectivity index (χ2n) is 6.55. The van der Waals surface area contributed by atoms with Gasteiger partial charge in [-0.2, -0.15) is 0 Å². The predicted octanol–water partition coefficient (Wildman–Crippen LogP) is 6.09. The lowest BCUT2D eigenvalue weighted by Gasteiger charge is -2.17. The summed E-state index contributed by atoms with van der Waals surface area (Å²) in [6.45, 7) is 1.99. The van der Waals surface area contributed by atoms with Gasteiger partial charge in [-0.3, -0.25) is 4.79 Å². The molecule has 146 valence electrons. The molecule has 0 aliphatic rings. The van der Waals surface area contributed by atoms with Gasteiger partial charge in [0.1, 0.15) is 11.0 Å². The summed E-state index contributed by atoms with van der Waals surface area (Å²) < 4.78 is 7.39. The van der Waals surface area contributed by atoms with Gasteiger partial charge in [-0.15, -0.1) is 11.3 Å². The number of aromatic nitrogens is 1. The molecule has 0 spiro atoms. The van der Waals surface area contributed by atoms with Crippen molar-refractivity contribution in [3.05, 3.63) is 83.9 Å². The minimum Gasteiger partial charge on any atom is -0.495 e. The fourth-order valence-electron chi connectivity index (χ4n) is 3.02. The number of thioether (sulfide) groups is 1. The first-order valence-electron chi connectivity index (χ1n) is 9.17. The van der Waals surface area contributed by atoms with Crippen LogP contribution in [-0.2, 0) is 4.79 Å². The number of carbonyl (C=O) groups is 1. The molecule has 1 atom stereocenters. The molecule has 1 aromatic heterocycles. The molecule has 4 nitrogen and oxygen atoms in total. The van der Waals surface area contributed by atoms with Crippen LogP contribution in [0.1, 0.15) is 16.4 Å². The molecule has 0 aliphatic carbocycles. The molecule has 3 aromatic carbocycles. The van der Waals surface area contributed by atoms with E-state index in [0.717, 1.165) is 25.7 Å². The van der Waals surface area contributed by atoms with Crippen molar-refractivity contribution in [3.8, 4) is 5.75 Å². The molecule has 6 heteroatoms. The maximum atomic E-state index is 13.3. The first-order valence-corrected chi connectivity index (χ1v) is 10.9. The molecule has 0 aliphatic heterocycles. The Morgan fingerprint density at radius 1 is 1.07 bits per heavy atom. The Labute approximate surface area is 177 Å². The molecule has 0 radical (unpaired) electrons. The number of amides is 1. The lowest BCUT2D eigenvalue weighted by Crippen LogP contribution is -2.19. The van der Waals surface area contributed by atoms with E-state index < -0.39 is 5.25 Å². The van der Waals surface area contributed by atoms with Crippen LogP contribution >= 0.6 is 23.1 Å². The van der Waals surface area contributed by atoms with Crippen LogP contribution in [0.3, 0.4) is 0 Å². The van der Waals surface area contributed by atoms with Crippen LogP contribution in [0.2, 0.25) is 0 Å². The number of hydrogen-bond donors (Lipinski definition) is 1. The minimum absolute atomic E-state index is 0.107. The Bertz CT molecular complexity index is 1110. The van der Waals surface area contributed by atoms with Crippen LogP contribution in [-0.4, -0.2) is 18.0 Å². The zero-order chi connectivity index (χ0) is 20.2. The van der Waals surface area contributed by atoms with Gasteiger partial charge in [-0.1, -0.05) is 60.3 Å². The van der Waals surface area contributed by atoms with E-state index in [1.54, 1.807) is 18.4 Å². The fourth-order valence-corrected chi connectivity index (χ4v) is 5.28. The van der Waals surface area contributed by atoms with E-state index in [2.05, 4.69) is 5.32 Å². The van der Waals surface area contributed by atoms with Crippen molar-refractivity contribution in [1.29, 1.82) is 0 Å². The molecule has 29 heavy (non-hydrogen) atoms. The summed E-state index contributed by atoms with van der Waals surface area (Å²) in [5.41, 5.74) is 3.60. The van der Waals surface area contributed by atoms with Gasteiger partial charge in [0, 0.05) is 0 Å². The van der Waals surface area contributed by atoms with Crippen LogP contribution < -0.4 is 10.1 Å². The summed E-state index contributed by atoms with van der Waals surface area (Å²) in [6, 6.07) is 23.5. The van der Waals surface area contributed by atoms with Gasteiger partial charge in [0.25, 0.3) is 0 Å². The third kappa shape index (κ3) is 4.44. The summed E-state index contributed by atoms with van der Waals surface area (Å²) in [4.78, 5) is 18.0. The normalized spacial score (nSPS) is 11.9. The number of para-hydroxylation sites is 1. The van der Waals surface area contributed by atoms with Gasteiger partial charge in [0.15, 0.2) is 4.34 Å². The molecule has 4 aromatic rings. The number of fused-ring (bicyclic) bond motifs is 1. The number of ether oxygens (including phenoxy) is 1. The molecule has 4 rings (SSSR count). The van der Waals surface area contributed by atoms with E-state index in [0.29, 0.717) is 11.4 Å². The highest BCUT2D eigenvalue weighted by Gasteiger charge is 2.24. The third-order valence-electron chi connectivity index (χ3n) is 4.45. The molecular weight excluding hydrogens is 400 g/mol. The zero-order valence-electron chi connectivity index (χ0n) is 16.1. The fraction of sp³-hybridized carbons (Fsp3) is 0.130. The Hall–Kier alpha value is -2.83. The van der Waals surface area contributed by atoms with Crippen molar-refractivity contribution in [2.24, 2.45) is 0 Å². The van der Waals surface area contributed by atoms with Crippen molar-refractivity contribution >= 4 is 44.9 Å². The standard InChI is InChI=1S/C23H20N2O2S2/c1-15-12-13-19(27-2)18(14-15)24-22(26)21(16-8-4-3-5-9-16)29-23-25-17-10-6-7-11-20(17)28-23/h3-14,21H,1-2H3,(H,24,26). The molecule has 1 heterocycles. The lowest BCUT2D eigenvalue weighted by molar-refractivity contribution is -0.115. The number of carbonyl (C=O) groups excluding carboxylic acids is 1. The van der Waals surface area contributed by atoms with Crippen molar-refractivity contribution in [2.45, 2.75) is 16.5 Å². The van der Waals surface area contributed by atoms with Crippen LogP contribution in [0.25, 0.3) is 10.2 Å². The number of anilines is 1. The van der Waals surface area contributed by atoms with Crippen LogP contribution in [0.15, 0.2) is 77.1 Å². The van der Waals surface area contributed by atoms with Gasteiger partial charge in [0.05, 0.1) is 23.0 Å². The monoisotopic (exact) mass is 420 g/mol. The number of nitrogens with zero attached hydrogens (tertiary/aromatic N) is 1. The van der Waals surface area contributed by atoms with E-state index in [1.165, 1.54) is 11.8 Å². The van der Waals surface area contributed by atoms with Crippen molar-refractivity contribution in [3.63, 3.8) is 0 Å². The number of hydrogen-bond acceptors (Lipinski definition) is 5. The smallest absolute Gasteiger partial charge is 0.242 e. The van der Waals surface area contributed by atoms with Crippen molar-refractivity contribution in [1.82, 2.24) is 4.98 Å². The molecule has 1 N–H and O–H groups in total. The second kappa shape index (κ2) is 8.68. The summed E-state index contributed by atoms with van der Waals surface area (Å²) >= 11 is 3.07. The van der Waals surface area contributed by atoms with Gasteiger partial charge in [-0.05, 0) is 42.3 Å². The Morgan fingerprint density at radius 3 is 2.59 bits per heavy atom. The molecule has 0 saturated carbocycles. The molecule has 1 amide bonds. The van der Waals surface area contributed by atoms with E-state index >= 15 is 0 Å². The zero-order valence-corrected chi connectivity index (χ0v) is 17.7. The van der Waals surface area contributed by atoms with E-state index in [9.17, 15) is 4.79 Å². The highest BCUT2D eigenvalue weighted by molar-refractivity contribution is 8.02. The number of aryl methyl sites for hydroxylation is 1. The highest BCUT2D eigenvalue weighted by Crippen LogP contribution is 2.40. The molecular formula is C23H20N2O2S2. The van der Waals surface area contributed by atoms with Gasteiger partial charge in [-0.25, -0.2) is 4.98 Å². The molecule has 0 bridgehead atoms. The Morgan fingerprint density at radius 2 is 1.83 bits per heavy atom. The summed E-state index contributed by atoms with van der Waals surface area (Å²) in [7, 11) is 1.60. The Balaban J connectivity index is 1.65. The SMILES string of the molecule is COc1ccc(C)cc1NC(=O)C(Sc1nc2ccccc2s1)c1ccccc1. The van der Waals surface area contributed by atoms with E-state index in [-0.39, 0.29) is 5.91 Å². The lowest BCUT2D eigenvalue weighted by atomic mass is 10.1. The highest BCUT2D eigenvalue weighted by atomic mass is 32.2. The molecule has 0 saturated heterocycles. The maximum Gasteiger partial charge on any atom is 0.242 e. The maximum absolute atomic E-state index is 13.3. The molecule has 0 fully saturated rings. The largest absolute Gasteiger partial charge is 0.495 e. The van der Waals surface area contributed by atoms with E-state index in [1.807, 2.05) is 79.7 Å². The van der Waals surface area contributed by atoms with Crippen LogP contribution in [0.5, 0.6) is 5.75 Å². The first-order chi connectivity index (χ1) is 14.1. The predicted molar refractivity (Wildman–Crippen MR) is 121 cm³/mol. The van der Waals surface area contributed by atoms with Gasteiger partial charge in [0.2, 0.25) is 5.91 Å². The Kier molecular flexibility index (Phi) is 5.83. The number of benzene rings is 3. The summed E-state index contributed by atoms with van der Waals surface area (Å²) in [5, 5.41) is 2.62.